The average Bonchev–Trinajstić information content (AvgIpc) is 3.33. The molecule has 3 aromatic rings. The van der Waals surface area contributed by atoms with Crippen LogP contribution in [0.25, 0.3) is 0 Å². The minimum Gasteiger partial charge on any atom is -0.362 e. The van der Waals surface area contributed by atoms with Crippen molar-refractivity contribution in [3.63, 3.8) is 0 Å². The molecule has 2 amide bonds. The summed E-state index contributed by atoms with van der Waals surface area (Å²) in [5, 5.41) is 3.04. The van der Waals surface area contributed by atoms with E-state index in [-0.39, 0.29) is 11.8 Å². The van der Waals surface area contributed by atoms with E-state index < -0.39 is 11.5 Å². The predicted molar refractivity (Wildman–Crippen MR) is 118 cm³/mol. The van der Waals surface area contributed by atoms with Crippen molar-refractivity contribution in [1.29, 1.82) is 0 Å². The maximum Gasteiger partial charge on any atom is 0.258 e. The molecule has 0 radical (unpaired) electrons. The van der Waals surface area contributed by atoms with Crippen LogP contribution in [-0.2, 0) is 10.2 Å². The molecule has 2 aliphatic rings. The first kappa shape index (κ1) is 19.2. The van der Waals surface area contributed by atoms with Gasteiger partial charge in [-0.3, -0.25) is 14.6 Å². The summed E-state index contributed by atoms with van der Waals surface area (Å²) in [5.41, 5.74) is 2.25. The SMILES string of the molecule is CN(C)c1ncccc1C(=O)N1CCC2(C(=O)Nc3ccccc32)C1c1cccnc1. The Morgan fingerprint density at radius 2 is 1.94 bits per heavy atom. The molecule has 31 heavy (non-hydrogen) atoms. The number of benzene rings is 1. The second-order valence-corrected chi connectivity index (χ2v) is 8.18. The summed E-state index contributed by atoms with van der Waals surface area (Å²) in [6.45, 7) is 0.460. The van der Waals surface area contributed by atoms with Gasteiger partial charge in [0.05, 0.1) is 11.6 Å². The molecule has 2 atom stereocenters. The van der Waals surface area contributed by atoms with Crippen LogP contribution in [0.3, 0.4) is 0 Å². The van der Waals surface area contributed by atoms with Crippen molar-refractivity contribution in [3.05, 3.63) is 83.8 Å². The summed E-state index contributed by atoms with van der Waals surface area (Å²) in [7, 11) is 3.73. The van der Waals surface area contributed by atoms with E-state index in [0.29, 0.717) is 24.3 Å². The Kier molecular flexibility index (Phi) is 4.46. The molecule has 4 heterocycles. The smallest absolute Gasteiger partial charge is 0.258 e. The van der Waals surface area contributed by atoms with Gasteiger partial charge in [-0.1, -0.05) is 24.3 Å². The van der Waals surface area contributed by atoms with Crippen LogP contribution in [-0.4, -0.2) is 47.3 Å². The molecular weight excluding hydrogens is 390 g/mol. The minimum atomic E-state index is -0.851. The van der Waals surface area contributed by atoms with Gasteiger partial charge in [0.15, 0.2) is 0 Å². The van der Waals surface area contributed by atoms with E-state index in [1.165, 1.54) is 0 Å². The van der Waals surface area contributed by atoms with Gasteiger partial charge in [-0.15, -0.1) is 0 Å². The standard InChI is InChI=1S/C24H23N5O2/c1-28(2)21-17(8-6-13-26-21)22(30)29-14-11-24(20(29)16-7-5-12-25-15-16)18-9-3-4-10-19(18)27-23(24)31/h3-10,12-13,15,20H,11,14H2,1-2H3,(H,27,31). The van der Waals surface area contributed by atoms with Gasteiger partial charge in [0, 0.05) is 44.9 Å². The molecule has 1 N–H and O–H groups in total. The summed E-state index contributed by atoms with van der Waals surface area (Å²) in [6, 6.07) is 14.6. The highest BCUT2D eigenvalue weighted by molar-refractivity contribution is 6.08. The molecule has 1 fully saturated rings. The topological polar surface area (TPSA) is 78.4 Å². The van der Waals surface area contributed by atoms with Crippen LogP contribution >= 0.6 is 0 Å². The number of para-hydroxylation sites is 1. The van der Waals surface area contributed by atoms with Gasteiger partial charge in [-0.05, 0) is 41.8 Å². The minimum absolute atomic E-state index is 0.0723. The molecule has 2 aliphatic heterocycles. The van der Waals surface area contributed by atoms with Crippen molar-refractivity contribution in [2.75, 3.05) is 30.9 Å². The van der Waals surface area contributed by atoms with Crippen LogP contribution in [0, 0.1) is 0 Å². The molecule has 1 aromatic carbocycles. The summed E-state index contributed by atoms with van der Waals surface area (Å²) in [5.74, 6) is 0.395. The van der Waals surface area contributed by atoms with Crippen molar-refractivity contribution in [1.82, 2.24) is 14.9 Å². The number of likely N-dealkylation sites (tertiary alicyclic amines) is 1. The van der Waals surface area contributed by atoms with Crippen LogP contribution in [0.4, 0.5) is 11.5 Å². The van der Waals surface area contributed by atoms with Gasteiger partial charge in [0.25, 0.3) is 5.91 Å². The zero-order chi connectivity index (χ0) is 21.6. The van der Waals surface area contributed by atoms with Crippen LogP contribution in [0.5, 0.6) is 0 Å². The summed E-state index contributed by atoms with van der Waals surface area (Å²) < 4.78 is 0. The maximum atomic E-state index is 13.8. The van der Waals surface area contributed by atoms with Gasteiger partial charge in [0.2, 0.25) is 5.91 Å². The molecule has 5 rings (SSSR count). The molecule has 2 unspecified atom stereocenters. The number of carbonyl (C=O) groups excluding carboxylic acids is 2. The number of hydrogen-bond acceptors (Lipinski definition) is 5. The van der Waals surface area contributed by atoms with E-state index in [1.54, 1.807) is 30.7 Å². The van der Waals surface area contributed by atoms with Crippen molar-refractivity contribution in [2.24, 2.45) is 0 Å². The first-order valence-corrected chi connectivity index (χ1v) is 10.3. The summed E-state index contributed by atoms with van der Waals surface area (Å²) in [6.07, 6.45) is 5.67. The highest BCUT2D eigenvalue weighted by Crippen LogP contribution is 2.54. The summed E-state index contributed by atoms with van der Waals surface area (Å²) in [4.78, 5) is 39.6. The third kappa shape index (κ3) is 2.80. The van der Waals surface area contributed by atoms with Crippen molar-refractivity contribution in [3.8, 4) is 0 Å². The number of anilines is 2. The lowest BCUT2D eigenvalue weighted by Gasteiger charge is -2.34. The molecule has 1 spiro atoms. The van der Waals surface area contributed by atoms with Crippen LogP contribution in [0.1, 0.15) is 33.9 Å². The first-order chi connectivity index (χ1) is 15.0. The van der Waals surface area contributed by atoms with Gasteiger partial charge < -0.3 is 15.1 Å². The number of fused-ring (bicyclic) bond motifs is 2. The van der Waals surface area contributed by atoms with Crippen molar-refractivity contribution >= 4 is 23.3 Å². The summed E-state index contributed by atoms with van der Waals surface area (Å²) >= 11 is 0. The molecule has 0 saturated carbocycles. The van der Waals surface area contributed by atoms with Crippen LogP contribution in [0.2, 0.25) is 0 Å². The Hall–Kier alpha value is -3.74. The Morgan fingerprint density at radius 1 is 1.13 bits per heavy atom. The van der Waals surface area contributed by atoms with Crippen molar-refractivity contribution in [2.45, 2.75) is 17.9 Å². The number of aromatic nitrogens is 2. The fourth-order valence-corrected chi connectivity index (χ4v) is 4.98. The van der Waals surface area contributed by atoms with Crippen LogP contribution < -0.4 is 10.2 Å². The Balaban J connectivity index is 1.67. The van der Waals surface area contributed by atoms with E-state index in [2.05, 4.69) is 15.3 Å². The number of hydrogen-bond donors (Lipinski definition) is 1. The highest BCUT2D eigenvalue weighted by atomic mass is 16.2. The molecule has 2 aromatic heterocycles. The lowest BCUT2D eigenvalue weighted by Crippen LogP contribution is -2.43. The number of nitrogens with one attached hydrogen (secondary N) is 1. The quantitative estimate of drug-likeness (QED) is 0.714. The number of amides is 2. The Labute approximate surface area is 180 Å². The molecule has 0 bridgehead atoms. The first-order valence-electron chi connectivity index (χ1n) is 10.3. The lowest BCUT2D eigenvalue weighted by molar-refractivity contribution is -0.121. The molecular formula is C24H23N5O2. The van der Waals surface area contributed by atoms with E-state index in [1.807, 2.05) is 60.3 Å². The lowest BCUT2D eigenvalue weighted by atomic mass is 9.73. The van der Waals surface area contributed by atoms with Gasteiger partial charge in [-0.25, -0.2) is 4.98 Å². The molecule has 156 valence electrons. The Bertz CT molecular complexity index is 1160. The third-order valence-corrected chi connectivity index (χ3v) is 6.29. The third-order valence-electron chi connectivity index (χ3n) is 6.29. The number of rotatable bonds is 3. The number of nitrogens with zero attached hydrogens (tertiary/aromatic N) is 4. The van der Waals surface area contributed by atoms with Gasteiger partial charge >= 0.3 is 0 Å². The zero-order valence-electron chi connectivity index (χ0n) is 17.4. The molecule has 7 nitrogen and oxygen atoms in total. The molecule has 1 saturated heterocycles. The van der Waals surface area contributed by atoms with E-state index in [9.17, 15) is 9.59 Å². The molecule has 7 heteroatoms. The van der Waals surface area contributed by atoms with Crippen molar-refractivity contribution < 1.29 is 9.59 Å². The number of carbonyl (C=O) groups is 2. The molecule has 0 aliphatic carbocycles. The zero-order valence-corrected chi connectivity index (χ0v) is 17.4. The van der Waals surface area contributed by atoms with E-state index in [0.717, 1.165) is 16.8 Å². The Morgan fingerprint density at radius 3 is 2.71 bits per heavy atom. The van der Waals surface area contributed by atoms with Crippen LogP contribution in [0.15, 0.2) is 67.1 Å². The predicted octanol–water partition coefficient (Wildman–Crippen LogP) is 3.02. The fourth-order valence-electron chi connectivity index (χ4n) is 4.98. The van der Waals surface area contributed by atoms with Gasteiger partial charge in [0.1, 0.15) is 11.2 Å². The van der Waals surface area contributed by atoms with E-state index in [4.69, 9.17) is 0 Å². The normalized spacial score (nSPS) is 21.8. The van der Waals surface area contributed by atoms with E-state index >= 15 is 0 Å². The number of pyridine rings is 2. The monoisotopic (exact) mass is 413 g/mol. The fraction of sp³-hybridized carbons (Fsp3) is 0.250. The second-order valence-electron chi connectivity index (χ2n) is 8.18. The average molecular weight is 413 g/mol. The van der Waals surface area contributed by atoms with Gasteiger partial charge in [-0.2, -0.15) is 0 Å². The maximum absolute atomic E-state index is 13.8. The highest BCUT2D eigenvalue weighted by Gasteiger charge is 2.59. The largest absolute Gasteiger partial charge is 0.362 e. The second kappa shape index (κ2) is 7.19.